The molecule has 8 heteroatoms. The van der Waals surface area contributed by atoms with Crippen LogP contribution in [0.15, 0.2) is 28.9 Å². The maximum absolute atomic E-state index is 6.31. The Kier molecular flexibility index (Phi) is 6.45. The van der Waals surface area contributed by atoms with Crippen molar-refractivity contribution >= 4 is 50.1 Å². The van der Waals surface area contributed by atoms with Crippen LogP contribution in [0.2, 0.25) is 5.02 Å². The molecule has 3 N–H and O–H groups in total. The predicted molar refractivity (Wildman–Crippen MR) is 95.1 cm³/mol. The van der Waals surface area contributed by atoms with E-state index < -0.39 is 0 Å². The Morgan fingerprint density at radius 3 is 3.00 bits per heavy atom. The van der Waals surface area contributed by atoms with E-state index >= 15 is 0 Å². The van der Waals surface area contributed by atoms with E-state index in [1.165, 1.54) is 0 Å². The third-order valence-electron chi connectivity index (χ3n) is 3.05. The SMILES string of the molecule is COCCn1ncc(Cl)c1C(NN)c1cc(Br)ccc1I. The number of hydrazine groups is 1. The largest absolute Gasteiger partial charge is 0.383 e. The summed E-state index contributed by atoms with van der Waals surface area (Å²) in [6, 6.07) is 5.79. The van der Waals surface area contributed by atoms with Crippen LogP contribution in [0.25, 0.3) is 0 Å². The molecule has 1 aromatic heterocycles. The first-order chi connectivity index (χ1) is 10.1. The molecule has 0 aliphatic heterocycles. The number of nitrogens with zero attached hydrogens (tertiary/aromatic N) is 2. The summed E-state index contributed by atoms with van der Waals surface area (Å²) in [5.41, 5.74) is 4.70. The molecule has 1 aromatic carbocycles. The molecule has 2 rings (SSSR count). The van der Waals surface area contributed by atoms with Crippen molar-refractivity contribution in [1.29, 1.82) is 0 Å². The second kappa shape index (κ2) is 7.89. The van der Waals surface area contributed by atoms with Crippen LogP contribution in [0.3, 0.4) is 0 Å². The van der Waals surface area contributed by atoms with Crippen LogP contribution in [0, 0.1) is 3.57 Å². The Labute approximate surface area is 150 Å². The standard InChI is InChI=1S/C13H15BrClIN4O/c1-21-5-4-20-13(10(15)7-18-20)12(19-17)9-6-8(14)2-3-11(9)16/h2-3,6-7,12,19H,4-5,17H2,1H3. The molecule has 0 bridgehead atoms. The van der Waals surface area contributed by atoms with Gasteiger partial charge in [-0.3, -0.25) is 10.5 Å². The van der Waals surface area contributed by atoms with Gasteiger partial charge in [0.05, 0.1) is 36.1 Å². The second-order valence-corrected chi connectivity index (χ2v) is 6.84. The molecule has 114 valence electrons. The summed E-state index contributed by atoms with van der Waals surface area (Å²) in [6.07, 6.45) is 1.63. The molecule has 0 saturated heterocycles. The van der Waals surface area contributed by atoms with Crippen molar-refractivity contribution in [2.45, 2.75) is 12.6 Å². The van der Waals surface area contributed by atoms with Gasteiger partial charge in [-0.1, -0.05) is 27.5 Å². The second-order valence-electron chi connectivity index (χ2n) is 4.36. The fraction of sp³-hybridized carbons (Fsp3) is 0.308. The van der Waals surface area contributed by atoms with Crippen LogP contribution in [0.1, 0.15) is 17.3 Å². The fourth-order valence-corrected chi connectivity index (χ4v) is 3.34. The number of halogens is 3. The number of hydrogen-bond donors (Lipinski definition) is 2. The van der Waals surface area contributed by atoms with Crippen molar-refractivity contribution in [3.63, 3.8) is 0 Å². The van der Waals surface area contributed by atoms with E-state index in [0.29, 0.717) is 18.2 Å². The summed E-state index contributed by atoms with van der Waals surface area (Å²) < 4.78 is 9.00. The van der Waals surface area contributed by atoms with Crippen molar-refractivity contribution in [2.75, 3.05) is 13.7 Å². The number of methoxy groups -OCH3 is 1. The third-order valence-corrected chi connectivity index (χ3v) is 4.82. The smallest absolute Gasteiger partial charge is 0.0904 e. The molecule has 0 amide bonds. The van der Waals surface area contributed by atoms with Crippen molar-refractivity contribution < 1.29 is 4.74 Å². The van der Waals surface area contributed by atoms with E-state index in [-0.39, 0.29) is 6.04 Å². The Morgan fingerprint density at radius 1 is 1.57 bits per heavy atom. The number of rotatable bonds is 6. The monoisotopic (exact) mass is 484 g/mol. The third kappa shape index (κ3) is 3.96. The van der Waals surface area contributed by atoms with Crippen LogP contribution < -0.4 is 11.3 Å². The lowest BCUT2D eigenvalue weighted by molar-refractivity contribution is 0.182. The van der Waals surface area contributed by atoms with Gasteiger partial charge < -0.3 is 4.74 Å². The van der Waals surface area contributed by atoms with Gasteiger partial charge in [0.15, 0.2) is 0 Å². The number of aromatic nitrogens is 2. The maximum Gasteiger partial charge on any atom is 0.0904 e. The highest BCUT2D eigenvalue weighted by Gasteiger charge is 2.23. The van der Waals surface area contributed by atoms with E-state index in [2.05, 4.69) is 49.0 Å². The van der Waals surface area contributed by atoms with Gasteiger partial charge in [-0.25, -0.2) is 5.43 Å². The van der Waals surface area contributed by atoms with Gasteiger partial charge in [0.25, 0.3) is 0 Å². The number of nitrogens with two attached hydrogens (primary N) is 1. The van der Waals surface area contributed by atoms with Crippen molar-refractivity contribution in [3.05, 3.63) is 48.7 Å². The van der Waals surface area contributed by atoms with Gasteiger partial charge >= 0.3 is 0 Å². The summed E-state index contributed by atoms with van der Waals surface area (Å²) in [7, 11) is 1.65. The Balaban J connectivity index is 2.46. The zero-order valence-electron chi connectivity index (χ0n) is 11.3. The summed E-state index contributed by atoms with van der Waals surface area (Å²) >= 11 is 12.1. The first-order valence-electron chi connectivity index (χ1n) is 6.19. The average Bonchev–Trinajstić information content (AvgIpc) is 2.83. The minimum absolute atomic E-state index is 0.249. The zero-order valence-corrected chi connectivity index (χ0v) is 15.8. The first kappa shape index (κ1) is 17.2. The average molecular weight is 486 g/mol. The van der Waals surface area contributed by atoms with E-state index in [1.54, 1.807) is 13.3 Å². The highest BCUT2D eigenvalue weighted by molar-refractivity contribution is 14.1. The minimum atomic E-state index is -0.249. The van der Waals surface area contributed by atoms with Crippen molar-refractivity contribution in [3.8, 4) is 0 Å². The molecule has 1 unspecified atom stereocenters. The summed E-state index contributed by atoms with van der Waals surface area (Å²) in [5.74, 6) is 5.78. The summed E-state index contributed by atoms with van der Waals surface area (Å²) in [6.45, 7) is 1.17. The molecule has 0 fully saturated rings. The summed E-state index contributed by atoms with van der Waals surface area (Å²) in [4.78, 5) is 0. The number of benzene rings is 1. The molecule has 2 aromatic rings. The highest BCUT2D eigenvalue weighted by atomic mass is 127. The molecule has 1 heterocycles. The molecular formula is C13H15BrClIN4O. The lowest BCUT2D eigenvalue weighted by Gasteiger charge is -2.20. The number of ether oxygens (including phenoxy) is 1. The Hall–Kier alpha value is -0.190. The molecule has 0 radical (unpaired) electrons. The van der Waals surface area contributed by atoms with E-state index in [1.807, 2.05) is 22.9 Å². The van der Waals surface area contributed by atoms with Crippen LogP contribution in [-0.2, 0) is 11.3 Å². The van der Waals surface area contributed by atoms with Crippen LogP contribution in [0.4, 0.5) is 0 Å². The normalized spacial score (nSPS) is 12.6. The lowest BCUT2D eigenvalue weighted by Crippen LogP contribution is -2.32. The molecular weight excluding hydrogens is 470 g/mol. The lowest BCUT2D eigenvalue weighted by atomic mass is 10.0. The molecule has 0 aliphatic carbocycles. The van der Waals surface area contributed by atoms with Crippen LogP contribution in [0.5, 0.6) is 0 Å². The quantitative estimate of drug-likeness (QED) is 0.375. The van der Waals surface area contributed by atoms with Gasteiger partial charge in [0.1, 0.15) is 0 Å². The maximum atomic E-state index is 6.31. The van der Waals surface area contributed by atoms with E-state index in [9.17, 15) is 0 Å². The Bertz CT molecular complexity index is 622. The Morgan fingerprint density at radius 2 is 2.33 bits per heavy atom. The van der Waals surface area contributed by atoms with Gasteiger partial charge in [0, 0.05) is 15.2 Å². The predicted octanol–water partition coefficient (Wildman–Crippen LogP) is 3.10. The summed E-state index contributed by atoms with van der Waals surface area (Å²) in [5, 5.41) is 4.87. The molecule has 0 aliphatic rings. The molecule has 0 spiro atoms. The highest BCUT2D eigenvalue weighted by Crippen LogP contribution is 2.32. The van der Waals surface area contributed by atoms with E-state index in [4.69, 9.17) is 22.2 Å². The molecule has 5 nitrogen and oxygen atoms in total. The molecule has 21 heavy (non-hydrogen) atoms. The van der Waals surface area contributed by atoms with Crippen LogP contribution >= 0.6 is 50.1 Å². The van der Waals surface area contributed by atoms with Gasteiger partial charge in [-0.15, -0.1) is 0 Å². The van der Waals surface area contributed by atoms with Gasteiger partial charge in [-0.2, -0.15) is 5.10 Å². The zero-order chi connectivity index (χ0) is 15.4. The molecule has 0 saturated carbocycles. The topological polar surface area (TPSA) is 65.1 Å². The van der Waals surface area contributed by atoms with Crippen LogP contribution in [-0.4, -0.2) is 23.5 Å². The van der Waals surface area contributed by atoms with Gasteiger partial charge in [-0.05, 0) is 46.4 Å². The van der Waals surface area contributed by atoms with Gasteiger partial charge in [0.2, 0.25) is 0 Å². The van der Waals surface area contributed by atoms with E-state index in [0.717, 1.165) is 19.3 Å². The number of nitrogens with one attached hydrogen (secondary N) is 1. The minimum Gasteiger partial charge on any atom is -0.383 e. The first-order valence-corrected chi connectivity index (χ1v) is 8.44. The van der Waals surface area contributed by atoms with Crippen molar-refractivity contribution in [1.82, 2.24) is 15.2 Å². The fourth-order valence-electron chi connectivity index (χ4n) is 2.07. The van der Waals surface area contributed by atoms with Crippen molar-refractivity contribution in [2.24, 2.45) is 5.84 Å². The molecule has 1 atom stereocenters. The number of hydrogen-bond acceptors (Lipinski definition) is 4.